The largest absolute Gasteiger partial charge is 0.365 e. The van der Waals surface area contributed by atoms with Crippen LogP contribution in [0.25, 0.3) is 0 Å². The van der Waals surface area contributed by atoms with Gasteiger partial charge in [-0.2, -0.15) is 0 Å². The van der Waals surface area contributed by atoms with E-state index in [4.69, 9.17) is 0 Å². The van der Waals surface area contributed by atoms with Crippen LogP contribution in [0, 0.1) is 0 Å². The maximum Gasteiger partial charge on any atom is 0.220 e. The van der Waals surface area contributed by atoms with E-state index in [1.54, 1.807) is 11.8 Å². The summed E-state index contributed by atoms with van der Waals surface area (Å²) in [5.41, 5.74) is 4.59. The number of carbonyl (C=O) groups is 2. The third-order valence-corrected chi connectivity index (χ3v) is 4.96. The Labute approximate surface area is 124 Å². The van der Waals surface area contributed by atoms with Gasteiger partial charge < -0.3 is 9.80 Å². The standard InChI is InChI=1S/C17H18N2O2/c1-11(20)18-9-14-16(10-18)19-7-6-12-4-2-3-5-13(12)15(19)8-17(14)21/h2-5,15H,6-10H2,1H3. The first kappa shape index (κ1) is 12.6. The van der Waals surface area contributed by atoms with Crippen molar-refractivity contribution < 1.29 is 9.59 Å². The zero-order valence-corrected chi connectivity index (χ0v) is 12.1. The maximum atomic E-state index is 12.5. The van der Waals surface area contributed by atoms with E-state index in [9.17, 15) is 9.59 Å². The summed E-state index contributed by atoms with van der Waals surface area (Å²) >= 11 is 0. The molecular weight excluding hydrogens is 264 g/mol. The van der Waals surface area contributed by atoms with Crippen LogP contribution in [0.15, 0.2) is 35.5 Å². The van der Waals surface area contributed by atoms with E-state index in [2.05, 4.69) is 23.1 Å². The highest BCUT2D eigenvalue weighted by Gasteiger charge is 2.41. The second-order valence-corrected chi connectivity index (χ2v) is 6.09. The molecule has 0 saturated heterocycles. The Kier molecular flexibility index (Phi) is 2.67. The molecule has 1 atom stereocenters. The lowest BCUT2D eigenvalue weighted by atomic mass is 9.85. The summed E-state index contributed by atoms with van der Waals surface area (Å²) in [6.07, 6.45) is 1.55. The summed E-state index contributed by atoms with van der Waals surface area (Å²) in [5.74, 6) is 0.262. The monoisotopic (exact) mass is 282 g/mol. The van der Waals surface area contributed by atoms with Crippen LogP contribution in [0.3, 0.4) is 0 Å². The van der Waals surface area contributed by atoms with E-state index < -0.39 is 0 Å². The second-order valence-electron chi connectivity index (χ2n) is 6.09. The molecule has 1 amide bonds. The van der Waals surface area contributed by atoms with Crippen LogP contribution in [-0.2, 0) is 16.0 Å². The number of hydrogen-bond donors (Lipinski definition) is 0. The molecule has 0 saturated carbocycles. The van der Waals surface area contributed by atoms with E-state index >= 15 is 0 Å². The van der Waals surface area contributed by atoms with Crippen molar-refractivity contribution in [1.82, 2.24) is 9.80 Å². The quantitative estimate of drug-likeness (QED) is 0.727. The van der Waals surface area contributed by atoms with Gasteiger partial charge in [0.15, 0.2) is 5.78 Å². The number of nitrogens with zero attached hydrogens (tertiary/aromatic N) is 2. The van der Waals surface area contributed by atoms with Gasteiger partial charge in [0, 0.05) is 31.2 Å². The van der Waals surface area contributed by atoms with Crippen LogP contribution >= 0.6 is 0 Å². The number of rotatable bonds is 0. The van der Waals surface area contributed by atoms with E-state index in [0.29, 0.717) is 19.5 Å². The van der Waals surface area contributed by atoms with E-state index in [1.807, 2.05) is 6.07 Å². The molecule has 0 spiro atoms. The lowest BCUT2D eigenvalue weighted by molar-refractivity contribution is -0.127. The molecule has 0 bridgehead atoms. The zero-order chi connectivity index (χ0) is 14.6. The van der Waals surface area contributed by atoms with E-state index in [1.165, 1.54) is 11.1 Å². The molecule has 0 N–H and O–H groups in total. The Hall–Kier alpha value is -2.10. The summed E-state index contributed by atoms with van der Waals surface area (Å²) < 4.78 is 0. The number of amides is 1. The molecule has 4 nitrogen and oxygen atoms in total. The topological polar surface area (TPSA) is 40.6 Å². The molecule has 0 aromatic heterocycles. The second kappa shape index (κ2) is 4.45. The molecule has 3 heterocycles. The Morgan fingerprint density at radius 1 is 1.24 bits per heavy atom. The minimum Gasteiger partial charge on any atom is -0.365 e. The highest BCUT2D eigenvalue weighted by Crippen LogP contribution is 2.41. The van der Waals surface area contributed by atoms with Crippen molar-refractivity contribution >= 4 is 11.7 Å². The molecule has 4 rings (SSSR count). The molecule has 108 valence electrons. The fourth-order valence-electron chi connectivity index (χ4n) is 3.84. The molecule has 1 unspecified atom stereocenters. The molecule has 21 heavy (non-hydrogen) atoms. The molecule has 3 aliphatic rings. The van der Waals surface area contributed by atoms with Crippen molar-refractivity contribution in [3.8, 4) is 0 Å². The maximum absolute atomic E-state index is 12.5. The van der Waals surface area contributed by atoms with Gasteiger partial charge in [0.2, 0.25) is 5.91 Å². The minimum atomic E-state index is 0.0474. The number of hydrogen-bond acceptors (Lipinski definition) is 3. The van der Waals surface area contributed by atoms with Gasteiger partial charge >= 0.3 is 0 Å². The van der Waals surface area contributed by atoms with Gasteiger partial charge in [-0.05, 0) is 17.5 Å². The summed E-state index contributed by atoms with van der Waals surface area (Å²) in [6, 6.07) is 8.58. The minimum absolute atomic E-state index is 0.0474. The summed E-state index contributed by atoms with van der Waals surface area (Å²) in [5, 5.41) is 0. The third kappa shape index (κ3) is 1.82. The lowest BCUT2D eigenvalue weighted by Gasteiger charge is -2.42. The first-order chi connectivity index (χ1) is 10.1. The molecular formula is C17H18N2O2. The number of Topliss-reactive ketones (excluding diaryl/α,β-unsaturated/α-hetero) is 1. The van der Waals surface area contributed by atoms with Crippen molar-refractivity contribution in [3.63, 3.8) is 0 Å². The number of carbonyl (C=O) groups excluding carboxylic acids is 2. The van der Waals surface area contributed by atoms with Crippen molar-refractivity contribution in [2.24, 2.45) is 0 Å². The number of ketones is 1. The zero-order valence-electron chi connectivity index (χ0n) is 12.1. The molecule has 0 radical (unpaired) electrons. The van der Waals surface area contributed by atoms with Crippen LogP contribution in [0.2, 0.25) is 0 Å². The van der Waals surface area contributed by atoms with Crippen molar-refractivity contribution in [3.05, 3.63) is 46.7 Å². The van der Waals surface area contributed by atoms with Gasteiger partial charge in [0.25, 0.3) is 0 Å². The Balaban J connectivity index is 1.73. The molecule has 0 fully saturated rings. The summed E-state index contributed by atoms with van der Waals surface area (Å²) in [4.78, 5) is 28.2. The van der Waals surface area contributed by atoms with Gasteiger partial charge in [-0.3, -0.25) is 9.59 Å². The number of fused-ring (bicyclic) bond motifs is 4. The van der Waals surface area contributed by atoms with Gasteiger partial charge in [0.05, 0.1) is 19.1 Å². The van der Waals surface area contributed by atoms with Crippen LogP contribution in [0.5, 0.6) is 0 Å². The summed E-state index contributed by atoms with van der Waals surface area (Å²) in [6.45, 7) is 3.61. The van der Waals surface area contributed by atoms with Crippen molar-refractivity contribution in [2.75, 3.05) is 19.6 Å². The molecule has 0 aliphatic carbocycles. The normalized spacial score (nSPS) is 23.9. The van der Waals surface area contributed by atoms with Gasteiger partial charge in [-0.25, -0.2) is 0 Å². The average Bonchev–Trinajstić information content (AvgIpc) is 2.93. The smallest absolute Gasteiger partial charge is 0.220 e. The van der Waals surface area contributed by atoms with Crippen LogP contribution in [0.1, 0.15) is 30.5 Å². The van der Waals surface area contributed by atoms with Crippen molar-refractivity contribution in [2.45, 2.75) is 25.8 Å². The van der Waals surface area contributed by atoms with Crippen LogP contribution in [-0.4, -0.2) is 41.1 Å². The lowest BCUT2D eigenvalue weighted by Crippen LogP contribution is -2.40. The third-order valence-electron chi connectivity index (χ3n) is 4.96. The van der Waals surface area contributed by atoms with Crippen LogP contribution in [0.4, 0.5) is 0 Å². The highest BCUT2D eigenvalue weighted by molar-refractivity contribution is 5.99. The molecule has 3 aliphatic heterocycles. The van der Waals surface area contributed by atoms with Gasteiger partial charge in [-0.15, -0.1) is 0 Å². The SMILES string of the molecule is CC(=O)N1CC2=C(C1)N1CCc3ccccc3C1CC2=O. The highest BCUT2D eigenvalue weighted by atomic mass is 16.2. The molecule has 1 aromatic rings. The molecule has 4 heteroatoms. The van der Waals surface area contributed by atoms with Crippen molar-refractivity contribution in [1.29, 1.82) is 0 Å². The van der Waals surface area contributed by atoms with Gasteiger partial charge in [0.1, 0.15) is 0 Å². The van der Waals surface area contributed by atoms with Gasteiger partial charge in [-0.1, -0.05) is 24.3 Å². The fourth-order valence-corrected chi connectivity index (χ4v) is 3.84. The van der Waals surface area contributed by atoms with E-state index in [-0.39, 0.29) is 17.7 Å². The first-order valence-electron chi connectivity index (χ1n) is 7.50. The number of benzene rings is 1. The Morgan fingerprint density at radius 2 is 2.05 bits per heavy atom. The average molecular weight is 282 g/mol. The predicted octanol–water partition coefficient (Wildman–Crippen LogP) is 1.67. The Morgan fingerprint density at radius 3 is 2.86 bits per heavy atom. The van der Waals surface area contributed by atoms with E-state index in [0.717, 1.165) is 24.2 Å². The predicted molar refractivity (Wildman–Crippen MR) is 78.5 cm³/mol. The first-order valence-corrected chi connectivity index (χ1v) is 7.50. The molecule has 1 aromatic carbocycles. The summed E-state index contributed by atoms with van der Waals surface area (Å²) in [7, 11) is 0. The Bertz CT molecular complexity index is 677. The fraction of sp³-hybridized carbons (Fsp3) is 0.412. The van der Waals surface area contributed by atoms with Crippen LogP contribution < -0.4 is 0 Å².